The molecule has 0 saturated heterocycles. The fraction of sp³-hybridized carbons (Fsp3) is 0.529. The maximum atomic E-state index is 12.2. The number of benzene rings is 1. The molecule has 9 heteroatoms. The highest BCUT2D eigenvalue weighted by Gasteiger charge is 2.36. The van der Waals surface area contributed by atoms with E-state index in [4.69, 9.17) is 18.9 Å². The summed E-state index contributed by atoms with van der Waals surface area (Å²) in [5.41, 5.74) is 0.0726. The highest BCUT2D eigenvalue weighted by Crippen LogP contribution is 2.19. The van der Waals surface area contributed by atoms with Crippen LogP contribution >= 0.6 is 0 Å². The number of aliphatic hydroxyl groups is 1. The van der Waals surface area contributed by atoms with E-state index in [9.17, 15) is 19.7 Å². The Labute approximate surface area is 153 Å². The van der Waals surface area contributed by atoms with Gasteiger partial charge in [-0.1, -0.05) is 31.1 Å². The van der Waals surface area contributed by atoms with Crippen molar-refractivity contribution in [3.63, 3.8) is 0 Å². The van der Waals surface area contributed by atoms with E-state index in [1.54, 1.807) is 31.1 Å². The lowest BCUT2D eigenvalue weighted by Gasteiger charge is -2.24. The van der Waals surface area contributed by atoms with E-state index >= 15 is 0 Å². The first-order valence-electron chi connectivity index (χ1n) is 8.16. The summed E-state index contributed by atoms with van der Waals surface area (Å²) in [6.45, 7) is 1.81. The molecule has 1 aromatic rings. The summed E-state index contributed by atoms with van der Waals surface area (Å²) in [4.78, 5) is 23.7. The van der Waals surface area contributed by atoms with E-state index in [1.165, 1.54) is 14.0 Å². The minimum atomic E-state index is -1.40. The van der Waals surface area contributed by atoms with Crippen LogP contribution in [0.4, 0.5) is 4.79 Å². The number of methoxy groups -OCH3 is 1. The van der Waals surface area contributed by atoms with Crippen molar-refractivity contribution < 1.29 is 38.7 Å². The van der Waals surface area contributed by atoms with Crippen molar-refractivity contribution in [2.75, 3.05) is 33.5 Å². The highest BCUT2D eigenvalue weighted by atomic mass is 16.7. The second-order valence-corrected chi connectivity index (χ2v) is 6.09. The van der Waals surface area contributed by atoms with Crippen molar-refractivity contribution >= 4 is 24.5 Å². The molecule has 144 valence electrons. The number of carbonyl (C=O) groups is 2. The van der Waals surface area contributed by atoms with Crippen molar-refractivity contribution in [1.82, 2.24) is 0 Å². The zero-order chi connectivity index (χ0) is 19.6. The van der Waals surface area contributed by atoms with Gasteiger partial charge in [-0.25, -0.2) is 4.79 Å². The fourth-order valence-corrected chi connectivity index (χ4v) is 1.85. The van der Waals surface area contributed by atoms with Crippen molar-refractivity contribution in [3.8, 4) is 0 Å². The molecule has 1 rings (SSSR count). The van der Waals surface area contributed by atoms with Crippen molar-refractivity contribution in [2.45, 2.75) is 20.4 Å². The third-order valence-corrected chi connectivity index (χ3v) is 3.69. The van der Waals surface area contributed by atoms with E-state index < -0.39 is 31.1 Å². The molecule has 1 unspecified atom stereocenters. The van der Waals surface area contributed by atoms with Crippen LogP contribution in [0.5, 0.6) is 0 Å². The summed E-state index contributed by atoms with van der Waals surface area (Å²) in [5.74, 6) is -0.704. The molecule has 2 N–H and O–H groups in total. The second-order valence-electron chi connectivity index (χ2n) is 6.09. The van der Waals surface area contributed by atoms with Gasteiger partial charge in [-0.3, -0.25) is 4.79 Å². The van der Waals surface area contributed by atoms with Gasteiger partial charge in [-0.2, -0.15) is 0 Å². The number of hydrogen-bond acceptors (Lipinski definition) is 8. The first-order chi connectivity index (χ1) is 12.3. The lowest BCUT2D eigenvalue weighted by Crippen LogP contribution is -2.39. The molecule has 1 atom stereocenters. The molecule has 0 fully saturated rings. The van der Waals surface area contributed by atoms with Crippen LogP contribution in [0.15, 0.2) is 24.3 Å². The van der Waals surface area contributed by atoms with Crippen LogP contribution in [0, 0.1) is 5.41 Å². The Morgan fingerprint density at radius 2 is 1.77 bits per heavy atom. The number of rotatable bonds is 10. The summed E-state index contributed by atoms with van der Waals surface area (Å²) in [7, 11) is 1.46. The van der Waals surface area contributed by atoms with E-state index in [-0.39, 0.29) is 26.4 Å². The van der Waals surface area contributed by atoms with Crippen molar-refractivity contribution in [3.05, 3.63) is 29.8 Å². The molecule has 0 aliphatic heterocycles. The van der Waals surface area contributed by atoms with Gasteiger partial charge < -0.3 is 29.1 Å². The largest absolute Gasteiger partial charge is 0.508 e. The normalized spacial score (nSPS) is 12.8. The van der Waals surface area contributed by atoms with Gasteiger partial charge in [0, 0.05) is 7.11 Å². The van der Waals surface area contributed by atoms with Gasteiger partial charge in [-0.05, 0) is 17.9 Å². The zero-order valence-corrected chi connectivity index (χ0v) is 15.3. The molecule has 0 heterocycles. The predicted octanol–water partition coefficient (Wildman–Crippen LogP) is 0.349. The molecule has 26 heavy (non-hydrogen) atoms. The Morgan fingerprint density at radius 3 is 2.31 bits per heavy atom. The number of esters is 1. The molecule has 0 bridgehead atoms. The summed E-state index contributed by atoms with van der Waals surface area (Å²) >= 11 is 0. The van der Waals surface area contributed by atoms with Gasteiger partial charge in [0.05, 0.1) is 13.2 Å². The minimum absolute atomic E-state index is 0.00714. The summed E-state index contributed by atoms with van der Waals surface area (Å²) in [6.07, 6.45) is -0.955. The topological polar surface area (TPSA) is 112 Å². The summed E-state index contributed by atoms with van der Waals surface area (Å²) < 4.78 is 19.5. The minimum Gasteiger partial charge on any atom is -0.460 e. The van der Waals surface area contributed by atoms with Crippen molar-refractivity contribution in [2.24, 2.45) is 5.41 Å². The van der Waals surface area contributed by atoms with Crippen LogP contribution in [-0.2, 0) is 30.3 Å². The van der Waals surface area contributed by atoms with Gasteiger partial charge >= 0.3 is 19.0 Å². The molecule has 0 aliphatic rings. The standard InChI is InChI=1S/C17H25BO8/c1-17(11-19,12-26-16(21)24-9-8-23-3)15(20)25-10-13-4-6-14(7-5-13)18(2)22/h4-7,19,22H,8-12H2,1-3H3. The molecular weight excluding hydrogens is 343 g/mol. The average molecular weight is 368 g/mol. The summed E-state index contributed by atoms with van der Waals surface area (Å²) in [5, 5.41) is 19.0. The first-order valence-corrected chi connectivity index (χ1v) is 8.16. The molecule has 8 nitrogen and oxygen atoms in total. The van der Waals surface area contributed by atoms with Crippen LogP contribution in [0.3, 0.4) is 0 Å². The number of ether oxygens (including phenoxy) is 4. The number of hydrogen-bond donors (Lipinski definition) is 2. The molecule has 0 aliphatic carbocycles. The third-order valence-electron chi connectivity index (χ3n) is 3.69. The van der Waals surface area contributed by atoms with Gasteiger partial charge in [0.1, 0.15) is 25.2 Å². The molecule has 0 aromatic heterocycles. The average Bonchev–Trinajstić information content (AvgIpc) is 2.64. The van der Waals surface area contributed by atoms with Gasteiger partial charge in [0.2, 0.25) is 0 Å². The van der Waals surface area contributed by atoms with Crippen LogP contribution in [0.2, 0.25) is 6.82 Å². The number of carbonyl (C=O) groups excluding carboxylic acids is 2. The Balaban J connectivity index is 2.51. The zero-order valence-electron chi connectivity index (χ0n) is 15.3. The van der Waals surface area contributed by atoms with E-state index in [0.717, 1.165) is 11.0 Å². The Bertz CT molecular complexity index is 575. The predicted molar refractivity (Wildman–Crippen MR) is 94.1 cm³/mol. The van der Waals surface area contributed by atoms with Crippen LogP contribution in [0.25, 0.3) is 0 Å². The second kappa shape index (κ2) is 10.8. The van der Waals surface area contributed by atoms with Crippen LogP contribution in [-0.4, -0.2) is 62.7 Å². The number of aliphatic hydroxyl groups excluding tert-OH is 1. The first kappa shape index (κ1) is 21.9. The smallest absolute Gasteiger partial charge is 0.460 e. The lowest BCUT2D eigenvalue weighted by atomic mass is 9.64. The Morgan fingerprint density at radius 1 is 1.12 bits per heavy atom. The SMILES string of the molecule is COCCOC(=O)OCC(C)(CO)C(=O)OCc1ccc(B(C)O)cc1. The quantitative estimate of drug-likeness (QED) is 0.346. The third kappa shape index (κ3) is 7.03. The Hall–Kier alpha value is -2.10. The highest BCUT2D eigenvalue weighted by molar-refractivity contribution is 6.64. The summed E-state index contributed by atoms with van der Waals surface area (Å²) in [6, 6.07) is 6.93. The maximum absolute atomic E-state index is 12.2. The van der Waals surface area contributed by atoms with E-state index in [2.05, 4.69) is 0 Å². The Kier molecular flexibility index (Phi) is 9.11. The molecule has 0 spiro atoms. The fourth-order valence-electron chi connectivity index (χ4n) is 1.85. The molecule has 0 saturated carbocycles. The maximum Gasteiger partial charge on any atom is 0.508 e. The van der Waals surface area contributed by atoms with E-state index in [0.29, 0.717) is 0 Å². The van der Waals surface area contributed by atoms with Crippen LogP contribution < -0.4 is 5.46 Å². The van der Waals surface area contributed by atoms with Gasteiger partial charge in [0.25, 0.3) is 0 Å². The van der Waals surface area contributed by atoms with Gasteiger partial charge in [0.15, 0.2) is 0 Å². The molecular formula is C17H25BO8. The molecule has 0 radical (unpaired) electrons. The van der Waals surface area contributed by atoms with Gasteiger partial charge in [-0.15, -0.1) is 0 Å². The van der Waals surface area contributed by atoms with Crippen LogP contribution in [0.1, 0.15) is 12.5 Å². The van der Waals surface area contributed by atoms with E-state index in [1.807, 2.05) is 0 Å². The molecule has 1 aromatic carbocycles. The van der Waals surface area contributed by atoms with Crippen molar-refractivity contribution in [1.29, 1.82) is 0 Å². The monoisotopic (exact) mass is 368 g/mol. The lowest BCUT2D eigenvalue weighted by molar-refractivity contribution is -0.162. The molecule has 0 amide bonds.